The first kappa shape index (κ1) is 13.4. The van der Waals surface area contributed by atoms with Gasteiger partial charge in [0, 0.05) is 11.0 Å². The molecule has 1 nitrogen and oxygen atoms in total. The number of Topliss-reactive ketones (excluding diaryl/α,β-unsaturated/α-hetero) is 1. The molecular formula is C19H22O. The molecule has 0 unspecified atom stereocenters. The van der Waals surface area contributed by atoms with Crippen LogP contribution in [-0.2, 0) is 0 Å². The fourth-order valence-corrected chi connectivity index (χ4v) is 3.53. The largest absolute Gasteiger partial charge is 0.294 e. The number of rotatable bonds is 2. The van der Waals surface area contributed by atoms with E-state index < -0.39 is 0 Å². The van der Waals surface area contributed by atoms with Crippen LogP contribution in [0.15, 0.2) is 36.4 Å². The van der Waals surface area contributed by atoms with Crippen molar-refractivity contribution >= 4 is 16.6 Å². The van der Waals surface area contributed by atoms with Crippen LogP contribution in [0.4, 0.5) is 0 Å². The lowest BCUT2D eigenvalue weighted by Crippen LogP contribution is -2.30. The minimum Gasteiger partial charge on any atom is -0.294 e. The summed E-state index contributed by atoms with van der Waals surface area (Å²) in [7, 11) is 0. The van der Waals surface area contributed by atoms with E-state index in [4.69, 9.17) is 0 Å². The molecular weight excluding hydrogens is 244 g/mol. The van der Waals surface area contributed by atoms with E-state index in [2.05, 4.69) is 32.0 Å². The van der Waals surface area contributed by atoms with Crippen molar-refractivity contribution in [1.29, 1.82) is 0 Å². The van der Waals surface area contributed by atoms with E-state index in [1.807, 2.05) is 18.2 Å². The van der Waals surface area contributed by atoms with Crippen LogP contribution in [0.2, 0.25) is 0 Å². The predicted molar refractivity (Wildman–Crippen MR) is 84.2 cm³/mol. The maximum atomic E-state index is 13.0. The molecule has 1 fully saturated rings. The highest BCUT2D eigenvalue weighted by atomic mass is 16.1. The number of hydrogen-bond acceptors (Lipinski definition) is 1. The summed E-state index contributed by atoms with van der Waals surface area (Å²) in [4.78, 5) is 13.0. The minimum absolute atomic E-state index is 0.156. The van der Waals surface area contributed by atoms with Gasteiger partial charge in [0.1, 0.15) is 0 Å². The lowest BCUT2D eigenvalue weighted by molar-refractivity contribution is 0.0751. The Morgan fingerprint density at radius 1 is 0.950 bits per heavy atom. The summed E-state index contributed by atoms with van der Waals surface area (Å²) in [6, 6.07) is 12.4. The second kappa shape index (κ2) is 5.05. The molecule has 0 atom stereocenters. The van der Waals surface area contributed by atoms with Gasteiger partial charge in [-0.05, 0) is 36.1 Å². The summed E-state index contributed by atoms with van der Waals surface area (Å²) in [6.07, 6.45) is 5.72. The van der Waals surface area contributed by atoms with E-state index in [1.54, 1.807) is 0 Å². The highest BCUT2D eigenvalue weighted by Crippen LogP contribution is 2.40. The number of carbonyl (C=O) groups is 1. The molecule has 1 heteroatoms. The van der Waals surface area contributed by atoms with Crippen LogP contribution in [0.5, 0.6) is 0 Å². The molecule has 0 aliphatic heterocycles. The molecule has 3 rings (SSSR count). The summed E-state index contributed by atoms with van der Waals surface area (Å²) in [5.41, 5.74) is 2.00. The molecule has 0 saturated heterocycles. The molecule has 0 heterocycles. The predicted octanol–water partition coefficient (Wildman–Crippen LogP) is 5.30. The second-order valence-electron chi connectivity index (χ2n) is 6.43. The number of fused-ring (bicyclic) bond motifs is 1. The van der Waals surface area contributed by atoms with E-state index >= 15 is 0 Å². The van der Waals surface area contributed by atoms with Crippen LogP contribution in [-0.4, -0.2) is 5.78 Å². The van der Waals surface area contributed by atoms with Crippen molar-refractivity contribution in [2.75, 3.05) is 0 Å². The van der Waals surface area contributed by atoms with Gasteiger partial charge in [0.2, 0.25) is 0 Å². The van der Waals surface area contributed by atoms with Gasteiger partial charge in [0.15, 0.2) is 5.78 Å². The molecule has 0 N–H and O–H groups in total. The van der Waals surface area contributed by atoms with Crippen molar-refractivity contribution in [2.24, 2.45) is 5.41 Å². The van der Waals surface area contributed by atoms with Gasteiger partial charge in [0.25, 0.3) is 0 Å². The Morgan fingerprint density at radius 3 is 2.30 bits per heavy atom. The van der Waals surface area contributed by atoms with Crippen LogP contribution in [0.3, 0.4) is 0 Å². The Hall–Kier alpha value is -1.63. The number of benzene rings is 2. The third-order valence-corrected chi connectivity index (χ3v) is 4.89. The van der Waals surface area contributed by atoms with Gasteiger partial charge in [-0.1, -0.05) is 62.6 Å². The summed E-state index contributed by atoms with van der Waals surface area (Å²) in [5.74, 6) is 0.341. The zero-order valence-corrected chi connectivity index (χ0v) is 12.4. The first-order chi connectivity index (χ1) is 9.62. The summed E-state index contributed by atoms with van der Waals surface area (Å²) < 4.78 is 0. The van der Waals surface area contributed by atoms with Crippen molar-refractivity contribution in [2.45, 2.75) is 46.0 Å². The third kappa shape index (κ3) is 2.15. The van der Waals surface area contributed by atoms with Crippen molar-refractivity contribution in [3.8, 4) is 0 Å². The van der Waals surface area contributed by atoms with Gasteiger partial charge in [-0.15, -0.1) is 0 Å². The lowest BCUT2D eigenvalue weighted by Gasteiger charge is -2.32. The maximum absolute atomic E-state index is 13.0. The standard InChI is InChI=1S/C19H22O/c1-14-10-11-17(16-9-5-4-8-15(14)16)18(20)19(2)12-6-3-7-13-19/h4-5,8-11H,3,6-7,12-13H2,1-2H3. The number of aryl methyl sites for hydroxylation is 1. The third-order valence-electron chi connectivity index (χ3n) is 4.89. The van der Waals surface area contributed by atoms with E-state index in [0.717, 1.165) is 23.8 Å². The van der Waals surface area contributed by atoms with Gasteiger partial charge >= 0.3 is 0 Å². The topological polar surface area (TPSA) is 17.1 Å². The SMILES string of the molecule is Cc1ccc(C(=O)C2(C)CCCCC2)c2ccccc12. The smallest absolute Gasteiger partial charge is 0.169 e. The average Bonchev–Trinajstić information content (AvgIpc) is 2.48. The Kier molecular flexibility index (Phi) is 3.37. The zero-order valence-electron chi connectivity index (χ0n) is 12.4. The molecule has 1 aliphatic rings. The van der Waals surface area contributed by atoms with E-state index in [-0.39, 0.29) is 5.41 Å². The molecule has 2 aromatic carbocycles. The monoisotopic (exact) mass is 266 g/mol. The summed E-state index contributed by atoms with van der Waals surface area (Å²) in [5, 5.41) is 2.32. The molecule has 1 saturated carbocycles. The molecule has 20 heavy (non-hydrogen) atoms. The molecule has 1 aliphatic carbocycles. The van der Waals surface area contributed by atoms with Crippen molar-refractivity contribution in [3.63, 3.8) is 0 Å². The number of hydrogen-bond donors (Lipinski definition) is 0. The van der Waals surface area contributed by atoms with Crippen LogP contribution in [0.25, 0.3) is 10.8 Å². The van der Waals surface area contributed by atoms with Gasteiger partial charge < -0.3 is 0 Å². The zero-order chi connectivity index (χ0) is 14.2. The molecule has 104 valence electrons. The van der Waals surface area contributed by atoms with Crippen LogP contribution in [0.1, 0.15) is 54.9 Å². The normalized spacial score (nSPS) is 18.1. The second-order valence-corrected chi connectivity index (χ2v) is 6.43. The first-order valence-electron chi connectivity index (χ1n) is 7.65. The van der Waals surface area contributed by atoms with Crippen LogP contribution >= 0.6 is 0 Å². The Bertz CT molecular complexity index is 648. The van der Waals surface area contributed by atoms with Crippen molar-refractivity contribution in [1.82, 2.24) is 0 Å². The molecule has 0 bridgehead atoms. The van der Waals surface area contributed by atoms with E-state index in [9.17, 15) is 4.79 Å². The van der Waals surface area contributed by atoms with Gasteiger partial charge in [-0.2, -0.15) is 0 Å². The van der Waals surface area contributed by atoms with Crippen LogP contribution < -0.4 is 0 Å². The highest BCUT2D eigenvalue weighted by molar-refractivity contribution is 6.11. The van der Waals surface area contributed by atoms with Crippen molar-refractivity contribution < 1.29 is 4.79 Å². The van der Waals surface area contributed by atoms with E-state index in [1.165, 1.54) is 30.2 Å². The highest BCUT2D eigenvalue weighted by Gasteiger charge is 2.35. The van der Waals surface area contributed by atoms with Crippen LogP contribution in [0, 0.1) is 12.3 Å². The molecule has 0 spiro atoms. The van der Waals surface area contributed by atoms with Gasteiger partial charge in [-0.25, -0.2) is 0 Å². The Morgan fingerprint density at radius 2 is 1.60 bits per heavy atom. The molecule has 2 aromatic rings. The lowest BCUT2D eigenvalue weighted by atomic mass is 9.70. The maximum Gasteiger partial charge on any atom is 0.169 e. The Balaban J connectivity index is 2.10. The Labute approximate surface area is 121 Å². The number of carbonyl (C=O) groups excluding carboxylic acids is 1. The fourth-order valence-electron chi connectivity index (χ4n) is 3.53. The first-order valence-corrected chi connectivity index (χ1v) is 7.65. The van der Waals surface area contributed by atoms with Crippen molar-refractivity contribution in [3.05, 3.63) is 47.5 Å². The van der Waals surface area contributed by atoms with E-state index in [0.29, 0.717) is 5.78 Å². The molecule has 0 amide bonds. The molecule has 0 radical (unpaired) electrons. The van der Waals surface area contributed by atoms with Gasteiger partial charge in [0.05, 0.1) is 0 Å². The average molecular weight is 266 g/mol. The van der Waals surface area contributed by atoms with Gasteiger partial charge in [-0.3, -0.25) is 4.79 Å². The molecule has 0 aromatic heterocycles. The quantitative estimate of drug-likeness (QED) is 0.674. The minimum atomic E-state index is -0.156. The fraction of sp³-hybridized carbons (Fsp3) is 0.421. The summed E-state index contributed by atoms with van der Waals surface area (Å²) in [6.45, 7) is 4.27. The number of ketones is 1. The summed E-state index contributed by atoms with van der Waals surface area (Å²) >= 11 is 0.